The fourth-order valence-electron chi connectivity index (χ4n) is 3.53. The number of nitriles is 1. The van der Waals surface area contributed by atoms with Crippen LogP contribution < -0.4 is 10.1 Å². The fraction of sp³-hybridized carbons (Fsp3) is 0.0714. The molecule has 4 rings (SSSR count). The molecular formula is C28H19BrClIN2O2. The zero-order chi connectivity index (χ0) is 24.9. The van der Waals surface area contributed by atoms with Gasteiger partial charge in [-0.15, -0.1) is 0 Å². The maximum absolute atomic E-state index is 12.7. The molecule has 0 aliphatic carbocycles. The minimum absolute atomic E-state index is 0.0168. The van der Waals surface area contributed by atoms with Crippen LogP contribution >= 0.6 is 50.1 Å². The lowest BCUT2D eigenvalue weighted by molar-refractivity contribution is -0.112. The minimum Gasteiger partial charge on any atom is -0.487 e. The number of hydrogen-bond acceptors (Lipinski definition) is 3. The summed E-state index contributed by atoms with van der Waals surface area (Å²) in [5.41, 5.74) is 3.06. The highest BCUT2D eigenvalue weighted by molar-refractivity contribution is 14.1. The molecule has 0 atom stereocenters. The first-order valence-corrected chi connectivity index (χ1v) is 12.9. The van der Waals surface area contributed by atoms with Crippen LogP contribution in [0.1, 0.15) is 16.7 Å². The van der Waals surface area contributed by atoms with Crippen molar-refractivity contribution in [1.82, 2.24) is 0 Å². The second kappa shape index (κ2) is 11.3. The van der Waals surface area contributed by atoms with Gasteiger partial charge in [0, 0.05) is 10.7 Å². The van der Waals surface area contributed by atoms with Crippen molar-refractivity contribution in [2.24, 2.45) is 0 Å². The van der Waals surface area contributed by atoms with Crippen LogP contribution in [0.15, 0.2) is 82.8 Å². The van der Waals surface area contributed by atoms with Crippen molar-refractivity contribution in [3.8, 4) is 11.8 Å². The lowest BCUT2D eigenvalue weighted by Gasteiger charge is -2.12. The predicted molar refractivity (Wildman–Crippen MR) is 154 cm³/mol. The Kier molecular flexibility index (Phi) is 8.11. The molecule has 1 amide bonds. The standard InChI is InChI=1S/C28H19BrClIN2O2/c1-17-24(30)7-4-8-26(17)33-28(34)22(15-32)12-19-13-23(29)27(25(31)14-19)35-16-18-9-10-20-5-2-3-6-21(20)11-18/h2-14H,16H2,1H3,(H,33,34)/b22-12-. The van der Waals surface area contributed by atoms with Crippen molar-refractivity contribution in [1.29, 1.82) is 5.26 Å². The Morgan fingerprint density at radius 1 is 1.11 bits per heavy atom. The van der Waals surface area contributed by atoms with Crippen LogP contribution in [-0.4, -0.2) is 5.91 Å². The number of anilines is 1. The number of rotatable bonds is 6. The third-order valence-corrected chi connectivity index (χ3v) is 7.21. The van der Waals surface area contributed by atoms with Gasteiger partial charge in [0.1, 0.15) is 24.0 Å². The van der Waals surface area contributed by atoms with Crippen molar-refractivity contribution in [3.05, 3.63) is 108 Å². The third-order valence-electron chi connectivity index (χ3n) is 5.41. The summed E-state index contributed by atoms with van der Waals surface area (Å²) in [6.45, 7) is 2.23. The summed E-state index contributed by atoms with van der Waals surface area (Å²) >= 11 is 11.9. The van der Waals surface area contributed by atoms with Gasteiger partial charge in [-0.25, -0.2) is 0 Å². The Hall–Kier alpha value is -2.86. The van der Waals surface area contributed by atoms with E-state index >= 15 is 0 Å². The first kappa shape index (κ1) is 25.2. The van der Waals surface area contributed by atoms with Gasteiger partial charge >= 0.3 is 0 Å². The summed E-state index contributed by atoms with van der Waals surface area (Å²) in [5.74, 6) is 0.203. The van der Waals surface area contributed by atoms with E-state index in [1.54, 1.807) is 24.3 Å². The Morgan fingerprint density at radius 2 is 1.89 bits per heavy atom. The normalized spacial score (nSPS) is 11.2. The van der Waals surface area contributed by atoms with Crippen molar-refractivity contribution in [2.75, 3.05) is 5.32 Å². The van der Waals surface area contributed by atoms with E-state index in [2.05, 4.69) is 74.2 Å². The molecular weight excluding hydrogens is 639 g/mol. The molecule has 4 aromatic rings. The van der Waals surface area contributed by atoms with Crippen LogP contribution in [0.3, 0.4) is 0 Å². The van der Waals surface area contributed by atoms with Gasteiger partial charge < -0.3 is 10.1 Å². The average molecular weight is 658 g/mol. The van der Waals surface area contributed by atoms with Crippen LogP contribution in [0.2, 0.25) is 5.02 Å². The number of hydrogen-bond donors (Lipinski definition) is 1. The molecule has 0 bridgehead atoms. The quantitative estimate of drug-likeness (QED) is 0.129. The number of nitrogens with zero attached hydrogens (tertiary/aromatic N) is 1. The second-order valence-corrected chi connectivity index (χ2v) is 10.2. The summed E-state index contributed by atoms with van der Waals surface area (Å²) in [6, 6.07) is 25.4. The summed E-state index contributed by atoms with van der Waals surface area (Å²) in [7, 11) is 0. The number of fused-ring (bicyclic) bond motifs is 1. The largest absolute Gasteiger partial charge is 0.487 e. The van der Waals surface area contributed by atoms with Crippen molar-refractivity contribution in [2.45, 2.75) is 13.5 Å². The number of benzene rings is 4. The van der Waals surface area contributed by atoms with E-state index < -0.39 is 5.91 Å². The summed E-state index contributed by atoms with van der Waals surface area (Å²) < 4.78 is 7.70. The molecule has 0 fully saturated rings. The SMILES string of the molecule is Cc1c(Cl)cccc1NC(=O)/C(C#N)=C\c1cc(Br)c(OCc2ccc3ccccc3c2)c(I)c1. The van der Waals surface area contributed by atoms with E-state index in [4.69, 9.17) is 16.3 Å². The van der Waals surface area contributed by atoms with Gasteiger partial charge in [0.2, 0.25) is 0 Å². The van der Waals surface area contributed by atoms with Crippen molar-refractivity contribution < 1.29 is 9.53 Å². The van der Waals surface area contributed by atoms with Gasteiger partial charge in [-0.3, -0.25) is 4.79 Å². The molecule has 4 nitrogen and oxygen atoms in total. The molecule has 4 aromatic carbocycles. The fourth-order valence-corrected chi connectivity index (χ4v) is 5.48. The lowest BCUT2D eigenvalue weighted by Crippen LogP contribution is -2.14. The Bertz CT molecular complexity index is 1490. The monoisotopic (exact) mass is 656 g/mol. The average Bonchev–Trinajstić information content (AvgIpc) is 2.84. The van der Waals surface area contributed by atoms with Crippen LogP contribution in [0.5, 0.6) is 5.75 Å². The first-order chi connectivity index (χ1) is 16.9. The highest BCUT2D eigenvalue weighted by Crippen LogP contribution is 2.34. The number of halogens is 3. The van der Waals surface area contributed by atoms with E-state index in [-0.39, 0.29) is 5.57 Å². The number of carbonyl (C=O) groups is 1. The molecule has 174 valence electrons. The molecule has 0 saturated carbocycles. The van der Waals surface area contributed by atoms with E-state index in [1.807, 2.05) is 37.3 Å². The Morgan fingerprint density at radius 3 is 2.63 bits per heavy atom. The molecule has 0 aromatic heterocycles. The zero-order valence-corrected chi connectivity index (χ0v) is 23.1. The predicted octanol–water partition coefficient (Wildman–Crippen LogP) is 8.29. The van der Waals surface area contributed by atoms with E-state index in [0.717, 1.165) is 24.6 Å². The number of nitrogens with one attached hydrogen (secondary N) is 1. The van der Waals surface area contributed by atoms with Gasteiger partial charge in [0.25, 0.3) is 5.91 Å². The molecule has 0 aliphatic heterocycles. The van der Waals surface area contributed by atoms with E-state index in [9.17, 15) is 10.1 Å². The number of carbonyl (C=O) groups excluding carboxylic acids is 1. The molecule has 0 unspecified atom stereocenters. The lowest BCUT2D eigenvalue weighted by atomic mass is 10.1. The molecule has 1 N–H and O–H groups in total. The zero-order valence-electron chi connectivity index (χ0n) is 18.6. The molecule has 0 heterocycles. The maximum Gasteiger partial charge on any atom is 0.266 e. The van der Waals surface area contributed by atoms with E-state index in [1.165, 1.54) is 5.39 Å². The first-order valence-electron chi connectivity index (χ1n) is 10.6. The Balaban J connectivity index is 1.51. The van der Waals surface area contributed by atoms with Crippen molar-refractivity contribution in [3.63, 3.8) is 0 Å². The number of ether oxygens (including phenoxy) is 1. The number of amides is 1. The van der Waals surface area contributed by atoms with Gasteiger partial charge in [-0.1, -0.05) is 54.1 Å². The molecule has 0 radical (unpaired) electrons. The van der Waals surface area contributed by atoms with Crippen LogP contribution in [-0.2, 0) is 11.4 Å². The van der Waals surface area contributed by atoms with Crippen molar-refractivity contribution >= 4 is 78.6 Å². The molecule has 35 heavy (non-hydrogen) atoms. The highest BCUT2D eigenvalue weighted by Gasteiger charge is 2.14. The van der Waals surface area contributed by atoms with Gasteiger partial charge in [0.15, 0.2) is 0 Å². The topological polar surface area (TPSA) is 62.1 Å². The molecule has 7 heteroatoms. The van der Waals surface area contributed by atoms with E-state index in [0.29, 0.717) is 28.6 Å². The smallest absolute Gasteiger partial charge is 0.266 e. The molecule has 0 saturated heterocycles. The summed E-state index contributed by atoms with van der Waals surface area (Å²) in [5, 5.41) is 15.3. The maximum atomic E-state index is 12.7. The van der Waals surface area contributed by atoms with Crippen LogP contribution in [0, 0.1) is 21.8 Å². The van der Waals surface area contributed by atoms with Gasteiger partial charge in [-0.05, 0) is 109 Å². The van der Waals surface area contributed by atoms with Gasteiger partial charge in [-0.2, -0.15) is 5.26 Å². The van der Waals surface area contributed by atoms with Crippen LogP contribution in [0.4, 0.5) is 5.69 Å². The minimum atomic E-state index is -0.499. The highest BCUT2D eigenvalue weighted by atomic mass is 127. The second-order valence-electron chi connectivity index (χ2n) is 7.82. The summed E-state index contributed by atoms with van der Waals surface area (Å²) in [4.78, 5) is 12.7. The molecule has 0 aliphatic rings. The van der Waals surface area contributed by atoms with Gasteiger partial charge in [0.05, 0.1) is 8.04 Å². The molecule has 0 spiro atoms. The summed E-state index contributed by atoms with van der Waals surface area (Å²) in [6.07, 6.45) is 1.55. The Labute approximate surface area is 230 Å². The third kappa shape index (κ3) is 6.04. The van der Waals surface area contributed by atoms with Crippen LogP contribution in [0.25, 0.3) is 16.8 Å².